The first-order chi connectivity index (χ1) is 7.60. The first kappa shape index (κ1) is 12.4. The minimum atomic E-state index is -0.437. The van der Waals surface area contributed by atoms with Gasteiger partial charge in [0.05, 0.1) is 4.92 Å². The summed E-state index contributed by atoms with van der Waals surface area (Å²) in [6, 6.07) is 3.60. The summed E-state index contributed by atoms with van der Waals surface area (Å²) in [5.41, 5.74) is 0.0293. The van der Waals surface area contributed by atoms with Crippen LogP contribution in [-0.4, -0.2) is 23.0 Å². The molecule has 16 heavy (non-hydrogen) atoms. The van der Waals surface area contributed by atoms with Crippen molar-refractivity contribution in [1.29, 1.82) is 0 Å². The third kappa shape index (κ3) is 2.68. The van der Waals surface area contributed by atoms with Crippen LogP contribution in [0.4, 0.5) is 11.5 Å². The molecule has 0 aliphatic heterocycles. The fraction of sp³-hybridized carbons (Fsp3) is 0.545. The van der Waals surface area contributed by atoms with Crippen LogP contribution >= 0.6 is 0 Å². The number of anilines is 1. The Labute approximate surface area is 95.3 Å². The van der Waals surface area contributed by atoms with Crippen LogP contribution < -0.4 is 4.90 Å². The highest BCUT2D eigenvalue weighted by atomic mass is 16.6. The van der Waals surface area contributed by atoms with Gasteiger partial charge in [-0.15, -0.1) is 0 Å². The predicted octanol–water partition coefficient (Wildman–Crippen LogP) is 2.61. The summed E-state index contributed by atoms with van der Waals surface area (Å²) in [4.78, 5) is 16.2. The normalized spacial score (nSPS) is 10.5. The molecule has 0 N–H and O–H groups in total. The molecule has 0 fully saturated rings. The molecule has 0 radical (unpaired) electrons. The Morgan fingerprint density at radius 3 is 2.44 bits per heavy atom. The Morgan fingerprint density at radius 1 is 1.44 bits per heavy atom. The van der Waals surface area contributed by atoms with E-state index >= 15 is 0 Å². The number of nitro groups is 1. The molecule has 0 aliphatic rings. The lowest BCUT2D eigenvalue weighted by molar-refractivity contribution is -0.385. The summed E-state index contributed by atoms with van der Waals surface area (Å²) < 4.78 is 0. The van der Waals surface area contributed by atoms with Gasteiger partial charge in [0.1, 0.15) is 12.0 Å². The van der Waals surface area contributed by atoms with Crippen LogP contribution in [0.1, 0.15) is 26.7 Å². The zero-order chi connectivity index (χ0) is 12.1. The molecule has 0 bridgehead atoms. The number of aromatic nitrogens is 1. The summed E-state index contributed by atoms with van der Waals surface area (Å²) in [5, 5.41) is 10.5. The van der Waals surface area contributed by atoms with Crippen LogP contribution in [0.2, 0.25) is 0 Å². The standard InChI is InChI=1S/C11H17N3O2/c1-4-9(5-2)13(3)11-7-6-10(8-12-11)14(15)16/h6-9H,4-5H2,1-3H3. The second-order valence-electron chi connectivity index (χ2n) is 3.71. The van der Waals surface area contributed by atoms with Gasteiger partial charge in [-0.2, -0.15) is 0 Å². The highest BCUT2D eigenvalue weighted by Gasteiger charge is 2.13. The average molecular weight is 223 g/mol. The molecular formula is C11H17N3O2. The molecule has 0 atom stereocenters. The molecule has 0 saturated carbocycles. The summed E-state index contributed by atoms with van der Waals surface area (Å²) in [7, 11) is 1.96. The van der Waals surface area contributed by atoms with Crippen molar-refractivity contribution >= 4 is 11.5 Å². The zero-order valence-electron chi connectivity index (χ0n) is 9.88. The number of hydrogen-bond donors (Lipinski definition) is 0. The molecule has 0 saturated heterocycles. The van der Waals surface area contributed by atoms with Crippen LogP contribution in [0.3, 0.4) is 0 Å². The largest absolute Gasteiger partial charge is 0.357 e. The van der Waals surface area contributed by atoms with E-state index in [4.69, 9.17) is 0 Å². The van der Waals surface area contributed by atoms with Crippen LogP contribution in [0.15, 0.2) is 18.3 Å². The number of pyridine rings is 1. The first-order valence-corrected chi connectivity index (χ1v) is 5.43. The van der Waals surface area contributed by atoms with E-state index in [0.717, 1.165) is 18.7 Å². The Balaban J connectivity index is 2.84. The van der Waals surface area contributed by atoms with E-state index in [1.165, 1.54) is 12.3 Å². The highest BCUT2D eigenvalue weighted by molar-refractivity contribution is 5.42. The second-order valence-corrected chi connectivity index (χ2v) is 3.71. The smallest absolute Gasteiger partial charge is 0.287 e. The van der Waals surface area contributed by atoms with Gasteiger partial charge in [0.25, 0.3) is 5.69 Å². The maximum absolute atomic E-state index is 10.5. The molecule has 1 heterocycles. The molecule has 0 amide bonds. The molecule has 0 spiro atoms. The topological polar surface area (TPSA) is 59.3 Å². The van der Waals surface area contributed by atoms with Crippen molar-refractivity contribution < 1.29 is 4.92 Å². The zero-order valence-corrected chi connectivity index (χ0v) is 9.88. The van der Waals surface area contributed by atoms with Crippen molar-refractivity contribution in [3.05, 3.63) is 28.4 Å². The Hall–Kier alpha value is -1.65. The van der Waals surface area contributed by atoms with Gasteiger partial charge in [-0.3, -0.25) is 10.1 Å². The van der Waals surface area contributed by atoms with Gasteiger partial charge < -0.3 is 4.90 Å². The molecule has 88 valence electrons. The molecule has 0 aromatic carbocycles. The van der Waals surface area contributed by atoms with E-state index in [-0.39, 0.29) is 5.69 Å². The van der Waals surface area contributed by atoms with Crippen LogP contribution in [0, 0.1) is 10.1 Å². The van der Waals surface area contributed by atoms with E-state index in [2.05, 4.69) is 23.7 Å². The van der Waals surface area contributed by atoms with E-state index in [0.29, 0.717) is 6.04 Å². The third-order valence-corrected chi connectivity index (χ3v) is 2.79. The minimum Gasteiger partial charge on any atom is -0.357 e. The summed E-state index contributed by atoms with van der Waals surface area (Å²) in [6.45, 7) is 4.24. The molecule has 0 aliphatic carbocycles. The Kier molecular flexibility index (Phi) is 4.22. The van der Waals surface area contributed by atoms with E-state index in [1.54, 1.807) is 6.07 Å². The van der Waals surface area contributed by atoms with Gasteiger partial charge in [0.15, 0.2) is 0 Å². The second kappa shape index (κ2) is 5.44. The van der Waals surface area contributed by atoms with Crippen molar-refractivity contribution in [2.75, 3.05) is 11.9 Å². The van der Waals surface area contributed by atoms with E-state index in [1.807, 2.05) is 7.05 Å². The molecule has 5 heteroatoms. The molecule has 1 aromatic heterocycles. The fourth-order valence-corrected chi connectivity index (χ4v) is 1.72. The highest BCUT2D eigenvalue weighted by Crippen LogP contribution is 2.18. The Morgan fingerprint density at radius 2 is 2.06 bits per heavy atom. The van der Waals surface area contributed by atoms with Crippen LogP contribution in [0.5, 0.6) is 0 Å². The van der Waals surface area contributed by atoms with Gasteiger partial charge in [0.2, 0.25) is 0 Å². The Bertz CT molecular complexity index is 347. The number of hydrogen-bond acceptors (Lipinski definition) is 4. The van der Waals surface area contributed by atoms with Crippen molar-refractivity contribution in [2.45, 2.75) is 32.7 Å². The number of nitrogens with zero attached hydrogens (tertiary/aromatic N) is 3. The number of rotatable bonds is 5. The monoisotopic (exact) mass is 223 g/mol. The predicted molar refractivity (Wildman–Crippen MR) is 63.7 cm³/mol. The van der Waals surface area contributed by atoms with Crippen LogP contribution in [0.25, 0.3) is 0 Å². The minimum absolute atomic E-state index is 0.0293. The molecule has 0 unspecified atom stereocenters. The summed E-state index contributed by atoms with van der Waals surface area (Å²) >= 11 is 0. The van der Waals surface area contributed by atoms with Crippen molar-refractivity contribution in [1.82, 2.24) is 4.98 Å². The maximum atomic E-state index is 10.5. The lowest BCUT2D eigenvalue weighted by Crippen LogP contribution is -2.30. The average Bonchev–Trinajstić information content (AvgIpc) is 2.30. The van der Waals surface area contributed by atoms with Crippen molar-refractivity contribution in [2.24, 2.45) is 0 Å². The van der Waals surface area contributed by atoms with Crippen LogP contribution in [-0.2, 0) is 0 Å². The summed E-state index contributed by atoms with van der Waals surface area (Å²) in [5.74, 6) is 0.777. The first-order valence-electron chi connectivity index (χ1n) is 5.43. The molecule has 5 nitrogen and oxygen atoms in total. The SMILES string of the molecule is CCC(CC)N(C)c1ccc([N+](=O)[O-])cn1. The molecule has 1 rings (SSSR count). The lowest BCUT2D eigenvalue weighted by atomic mass is 10.1. The quantitative estimate of drug-likeness (QED) is 0.568. The third-order valence-electron chi connectivity index (χ3n) is 2.79. The van der Waals surface area contributed by atoms with Crippen molar-refractivity contribution in [3.8, 4) is 0 Å². The maximum Gasteiger partial charge on any atom is 0.287 e. The van der Waals surface area contributed by atoms with Gasteiger partial charge in [0, 0.05) is 19.2 Å². The van der Waals surface area contributed by atoms with Gasteiger partial charge >= 0.3 is 0 Å². The van der Waals surface area contributed by atoms with Gasteiger partial charge in [-0.05, 0) is 18.9 Å². The van der Waals surface area contributed by atoms with E-state index in [9.17, 15) is 10.1 Å². The summed E-state index contributed by atoms with van der Waals surface area (Å²) in [6.07, 6.45) is 3.37. The fourth-order valence-electron chi connectivity index (χ4n) is 1.72. The lowest BCUT2D eigenvalue weighted by Gasteiger charge is -2.27. The van der Waals surface area contributed by atoms with Gasteiger partial charge in [-0.1, -0.05) is 13.8 Å². The molecule has 1 aromatic rings. The molecular weight excluding hydrogens is 206 g/mol. The van der Waals surface area contributed by atoms with E-state index < -0.39 is 4.92 Å². The van der Waals surface area contributed by atoms with Crippen molar-refractivity contribution in [3.63, 3.8) is 0 Å². The van der Waals surface area contributed by atoms with Gasteiger partial charge in [-0.25, -0.2) is 4.98 Å².